The summed E-state index contributed by atoms with van der Waals surface area (Å²) in [6.07, 6.45) is -3.56. The molecule has 146 valence electrons. The number of aliphatic hydroxyl groups excluding tert-OH is 1. The van der Waals surface area contributed by atoms with E-state index in [9.17, 15) is 13.2 Å². The quantitative estimate of drug-likeness (QED) is 0.709. The number of nitrogens with one attached hydrogen (secondary N) is 1. The number of rotatable bonds is 5. The average molecular weight is 384 g/mol. The number of anilines is 3. The molecule has 2 aromatic rings. The smallest absolute Gasteiger partial charge is 0.395 e. The molecule has 0 spiro atoms. The van der Waals surface area contributed by atoms with Crippen molar-refractivity contribution in [1.82, 2.24) is 15.0 Å². The van der Waals surface area contributed by atoms with Gasteiger partial charge >= 0.3 is 6.18 Å². The zero-order chi connectivity index (χ0) is 19.4. The van der Waals surface area contributed by atoms with Crippen molar-refractivity contribution in [2.75, 3.05) is 55.4 Å². The van der Waals surface area contributed by atoms with Crippen LogP contribution < -0.4 is 16.0 Å². The first-order valence-electron chi connectivity index (χ1n) is 8.28. The molecule has 1 aliphatic rings. The highest BCUT2D eigenvalue weighted by atomic mass is 19.4. The fraction of sp³-hybridized carbons (Fsp3) is 0.438. The van der Waals surface area contributed by atoms with Crippen LogP contribution in [0.4, 0.5) is 30.8 Å². The van der Waals surface area contributed by atoms with E-state index in [1.165, 1.54) is 6.07 Å². The SMILES string of the molecule is Nc1cc(C(F)(F)F)c(-c2cc(N3CCOCC3)nc(NCCO)n2)cn1. The highest BCUT2D eigenvalue weighted by Gasteiger charge is 2.35. The lowest BCUT2D eigenvalue weighted by Gasteiger charge is -2.28. The van der Waals surface area contributed by atoms with Crippen molar-refractivity contribution in [3.63, 3.8) is 0 Å². The zero-order valence-corrected chi connectivity index (χ0v) is 14.3. The van der Waals surface area contributed by atoms with Crippen LogP contribution in [0.5, 0.6) is 0 Å². The van der Waals surface area contributed by atoms with E-state index in [2.05, 4.69) is 20.3 Å². The van der Waals surface area contributed by atoms with Crippen LogP contribution in [-0.2, 0) is 10.9 Å². The molecule has 0 bridgehead atoms. The second kappa shape index (κ2) is 7.92. The van der Waals surface area contributed by atoms with E-state index >= 15 is 0 Å². The van der Waals surface area contributed by atoms with Crippen LogP contribution in [0, 0.1) is 0 Å². The van der Waals surface area contributed by atoms with E-state index in [-0.39, 0.29) is 36.2 Å². The molecule has 2 aromatic heterocycles. The molecule has 3 heterocycles. The third-order valence-electron chi connectivity index (χ3n) is 3.95. The maximum atomic E-state index is 13.5. The minimum absolute atomic E-state index is 0.0618. The number of ether oxygens (including phenoxy) is 1. The average Bonchev–Trinajstić information content (AvgIpc) is 2.66. The topological polar surface area (TPSA) is 109 Å². The number of nitrogen functional groups attached to an aromatic ring is 1. The summed E-state index contributed by atoms with van der Waals surface area (Å²) in [6, 6.07) is 2.27. The van der Waals surface area contributed by atoms with Gasteiger partial charge in [-0.25, -0.2) is 9.97 Å². The predicted octanol–water partition coefficient (Wildman–Crippen LogP) is 1.38. The van der Waals surface area contributed by atoms with Crippen LogP contribution in [0.15, 0.2) is 18.3 Å². The normalized spacial score (nSPS) is 15.0. The number of hydrogen-bond acceptors (Lipinski definition) is 8. The molecule has 0 unspecified atom stereocenters. The van der Waals surface area contributed by atoms with Gasteiger partial charge in [0.15, 0.2) is 0 Å². The van der Waals surface area contributed by atoms with Gasteiger partial charge in [-0.05, 0) is 6.07 Å². The minimum Gasteiger partial charge on any atom is -0.395 e. The van der Waals surface area contributed by atoms with Crippen molar-refractivity contribution in [3.05, 3.63) is 23.9 Å². The highest BCUT2D eigenvalue weighted by Crippen LogP contribution is 2.37. The van der Waals surface area contributed by atoms with Gasteiger partial charge in [-0.2, -0.15) is 18.2 Å². The van der Waals surface area contributed by atoms with Crippen molar-refractivity contribution in [3.8, 4) is 11.3 Å². The number of hydrogen-bond donors (Lipinski definition) is 3. The van der Waals surface area contributed by atoms with Crippen LogP contribution in [0.25, 0.3) is 11.3 Å². The Bertz CT molecular complexity index is 796. The Morgan fingerprint density at radius 1 is 1.22 bits per heavy atom. The lowest BCUT2D eigenvalue weighted by molar-refractivity contribution is -0.137. The van der Waals surface area contributed by atoms with Crippen LogP contribution in [0.2, 0.25) is 0 Å². The highest BCUT2D eigenvalue weighted by molar-refractivity contribution is 5.69. The van der Waals surface area contributed by atoms with Gasteiger partial charge in [0.05, 0.1) is 31.1 Å². The molecule has 0 aromatic carbocycles. The molecule has 0 atom stereocenters. The minimum atomic E-state index is -4.62. The van der Waals surface area contributed by atoms with E-state index in [0.29, 0.717) is 32.1 Å². The number of aromatic nitrogens is 3. The van der Waals surface area contributed by atoms with Crippen molar-refractivity contribution >= 4 is 17.6 Å². The molecule has 4 N–H and O–H groups in total. The Labute approximate surface area is 153 Å². The van der Waals surface area contributed by atoms with Gasteiger partial charge in [0, 0.05) is 37.5 Å². The summed E-state index contributed by atoms with van der Waals surface area (Å²) in [5.74, 6) is 0.355. The summed E-state index contributed by atoms with van der Waals surface area (Å²) in [6.45, 7) is 2.10. The molecule has 1 aliphatic heterocycles. The third kappa shape index (κ3) is 4.55. The van der Waals surface area contributed by atoms with Gasteiger partial charge < -0.3 is 25.8 Å². The van der Waals surface area contributed by atoms with E-state index in [1.807, 2.05) is 4.90 Å². The summed E-state index contributed by atoms with van der Waals surface area (Å²) in [5, 5.41) is 11.8. The Morgan fingerprint density at radius 3 is 2.63 bits per heavy atom. The van der Waals surface area contributed by atoms with Crippen molar-refractivity contribution in [1.29, 1.82) is 0 Å². The predicted molar refractivity (Wildman–Crippen MR) is 93.3 cm³/mol. The molecule has 1 fully saturated rings. The summed E-state index contributed by atoms with van der Waals surface area (Å²) in [5.41, 5.74) is 4.39. The second-order valence-corrected chi connectivity index (χ2v) is 5.84. The maximum absolute atomic E-state index is 13.5. The molecular formula is C16H19F3N6O2. The van der Waals surface area contributed by atoms with Gasteiger partial charge in [-0.1, -0.05) is 0 Å². The van der Waals surface area contributed by atoms with Crippen molar-refractivity contribution < 1.29 is 23.0 Å². The monoisotopic (exact) mass is 384 g/mol. The first kappa shape index (κ1) is 19.1. The van der Waals surface area contributed by atoms with E-state index in [4.69, 9.17) is 15.6 Å². The van der Waals surface area contributed by atoms with Gasteiger partial charge in [0.25, 0.3) is 0 Å². The molecule has 0 aliphatic carbocycles. The molecule has 27 heavy (non-hydrogen) atoms. The number of nitrogens with two attached hydrogens (primary N) is 1. The molecular weight excluding hydrogens is 365 g/mol. The zero-order valence-electron chi connectivity index (χ0n) is 14.3. The largest absolute Gasteiger partial charge is 0.417 e. The second-order valence-electron chi connectivity index (χ2n) is 5.84. The van der Waals surface area contributed by atoms with Crippen molar-refractivity contribution in [2.45, 2.75) is 6.18 Å². The molecule has 8 nitrogen and oxygen atoms in total. The Morgan fingerprint density at radius 2 is 1.96 bits per heavy atom. The van der Waals surface area contributed by atoms with Crippen LogP contribution in [0.1, 0.15) is 5.56 Å². The number of aliphatic hydroxyl groups is 1. The number of morpholine rings is 1. The number of pyridine rings is 1. The van der Waals surface area contributed by atoms with Gasteiger partial charge in [-0.15, -0.1) is 0 Å². The van der Waals surface area contributed by atoms with E-state index in [1.54, 1.807) is 0 Å². The lowest BCUT2D eigenvalue weighted by Crippen LogP contribution is -2.37. The summed E-state index contributed by atoms with van der Waals surface area (Å²) in [4.78, 5) is 14.2. The Balaban J connectivity index is 2.09. The maximum Gasteiger partial charge on any atom is 0.417 e. The van der Waals surface area contributed by atoms with Crippen molar-refractivity contribution in [2.24, 2.45) is 0 Å². The Kier molecular flexibility index (Phi) is 5.61. The standard InChI is InChI=1S/C16H19F3N6O2/c17-16(18,19)11-7-13(20)22-9-10(11)12-8-14(25-2-5-27-6-3-25)24-15(23-12)21-1-4-26/h7-9,26H,1-6H2,(H2,20,22)(H,21,23,24). The lowest BCUT2D eigenvalue weighted by atomic mass is 10.1. The number of alkyl halides is 3. The first-order valence-corrected chi connectivity index (χ1v) is 8.28. The summed E-state index contributed by atoms with van der Waals surface area (Å²) in [7, 11) is 0. The van der Waals surface area contributed by atoms with Crippen LogP contribution in [0.3, 0.4) is 0 Å². The van der Waals surface area contributed by atoms with Crippen LogP contribution >= 0.6 is 0 Å². The van der Waals surface area contributed by atoms with Gasteiger partial charge in [0.2, 0.25) is 5.95 Å². The Hall–Kier alpha value is -2.66. The molecule has 1 saturated heterocycles. The molecule has 0 radical (unpaired) electrons. The number of nitrogens with zero attached hydrogens (tertiary/aromatic N) is 4. The molecule has 0 saturated carbocycles. The van der Waals surface area contributed by atoms with Gasteiger partial charge in [-0.3, -0.25) is 0 Å². The summed E-state index contributed by atoms with van der Waals surface area (Å²) >= 11 is 0. The van der Waals surface area contributed by atoms with E-state index in [0.717, 1.165) is 12.3 Å². The summed E-state index contributed by atoms with van der Waals surface area (Å²) < 4.78 is 45.7. The fourth-order valence-electron chi connectivity index (χ4n) is 2.68. The van der Waals surface area contributed by atoms with Crippen LogP contribution in [-0.4, -0.2) is 59.5 Å². The third-order valence-corrected chi connectivity index (χ3v) is 3.95. The molecule has 11 heteroatoms. The number of halogens is 3. The molecule has 3 rings (SSSR count). The molecule has 0 amide bonds. The first-order chi connectivity index (χ1) is 12.9. The fourth-order valence-corrected chi connectivity index (χ4v) is 2.68. The van der Waals surface area contributed by atoms with E-state index < -0.39 is 11.7 Å². The van der Waals surface area contributed by atoms with Gasteiger partial charge in [0.1, 0.15) is 11.6 Å².